The van der Waals surface area contributed by atoms with Crippen LogP contribution in [0.15, 0.2) is 66.9 Å². The standard InChI is InChI=1S/C23H23N3O3/c1-17-24-14-13-22(25-17)29-19-10-7-15-26(16-19)23(27)20-11-5-6-12-21(20)28-18-8-3-2-4-9-18/h2-6,8-9,11-14,19H,7,10,15-16H2,1H3. The van der Waals surface area contributed by atoms with Crippen LogP contribution in [0.5, 0.6) is 17.4 Å². The maximum absolute atomic E-state index is 13.2. The van der Waals surface area contributed by atoms with Crippen molar-refractivity contribution in [1.82, 2.24) is 14.9 Å². The number of aromatic nitrogens is 2. The minimum absolute atomic E-state index is 0.0521. The van der Waals surface area contributed by atoms with E-state index in [1.165, 1.54) is 0 Å². The molecule has 0 radical (unpaired) electrons. The van der Waals surface area contributed by atoms with Crippen molar-refractivity contribution in [1.29, 1.82) is 0 Å². The first kappa shape index (κ1) is 18.9. The average molecular weight is 389 g/mol. The topological polar surface area (TPSA) is 64.5 Å². The van der Waals surface area contributed by atoms with Crippen LogP contribution in [0.25, 0.3) is 0 Å². The summed E-state index contributed by atoms with van der Waals surface area (Å²) in [5.74, 6) is 2.41. The van der Waals surface area contributed by atoms with E-state index in [4.69, 9.17) is 9.47 Å². The molecular formula is C23H23N3O3. The van der Waals surface area contributed by atoms with E-state index in [0.29, 0.717) is 41.9 Å². The van der Waals surface area contributed by atoms with Crippen molar-refractivity contribution in [2.24, 2.45) is 0 Å². The molecule has 1 unspecified atom stereocenters. The molecular weight excluding hydrogens is 366 g/mol. The lowest BCUT2D eigenvalue weighted by molar-refractivity contribution is 0.0525. The number of piperidine rings is 1. The van der Waals surface area contributed by atoms with Gasteiger partial charge < -0.3 is 14.4 Å². The number of amides is 1. The molecule has 2 heterocycles. The van der Waals surface area contributed by atoms with Gasteiger partial charge in [0.15, 0.2) is 0 Å². The van der Waals surface area contributed by atoms with Crippen molar-refractivity contribution in [3.63, 3.8) is 0 Å². The van der Waals surface area contributed by atoms with Crippen LogP contribution >= 0.6 is 0 Å². The van der Waals surface area contributed by atoms with Gasteiger partial charge in [-0.2, -0.15) is 4.98 Å². The zero-order valence-electron chi connectivity index (χ0n) is 16.3. The molecule has 0 bridgehead atoms. The largest absolute Gasteiger partial charge is 0.472 e. The Morgan fingerprint density at radius 1 is 1.07 bits per heavy atom. The third-order valence-corrected chi connectivity index (χ3v) is 4.79. The molecule has 0 aliphatic carbocycles. The minimum atomic E-state index is -0.0933. The number of para-hydroxylation sites is 2. The zero-order chi connectivity index (χ0) is 20.1. The number of ether oxygens (including phenoxy) is 2. The van der Waals surface area contributed by atoms with Crippen molar-refractivity contribution in [2.45, 2.75) is 25.9 Å². The third-order valence-electron chi connectivity index (χ3n) is 4.79. The van der Waals surface area contributed by atoms with E-state index in [9.17, 15) is 4.79 Å². The first-order chi connectivity index (χ1) is 14.2. The Labute approximate surface area is 170 Å². The van der Waals surface area contributed by atoms with E-state index in [1.54, 1.807) is 18.3 Å². The summed E-state index contributed by atoms with van der Waals surface area (Å²) in [6.45, 7) is 3.04. The van der Waals surface area contributed by atoms with Gasteiger partial charge in [0.2, 0.25) is 5.88 Å². The summed E-state index contributed by atoms with van der Waals surface area (Å²) in [5, 5.41) is 0. The molecule has 0 saturated carbocycles. The fraction of sp³-hybridized carbons (Fsp3) is 0.261. The van der Waals surface area contributed by atoms with E-state index in [0.717, 1.165) is 12.8 Å². The van der Waals surface area contributed by atoms with Crippen LogP contribution in [0.4, 0.5) is 0 Å². The lowest BCUT2D eigenvalue weighted by Gasteiger charge is -2.33. The predicted molar refractivity (Wildman–Crippen MR) is 109 cm³/mol. The van der Waals surface area contributed by atoms with Gasteiger partial charge >= 0.3 is 0 Å². The van der Waals surface area contributed by atoms with Gasteiger partial charge in [0.1, 0.15) is 23.4 Å². The lowest BCUT2D eigenvalue weighted by Crippen LogP contribution is -2.44. The second-order valence-electron chi connectivity index (χ2n) is 6.99. The summed E-state index contributed by atoms with van der Waals surface area (Å²) in [4.78, 5) is 23.4. The number of rotatable bonds is 5. The highest BCUT2D eigenvalue weighted by atomic mass is 16.5. The second-order valence-corrected chi connectivity index (χ2v) is 6.99. The normalized spacial score (nSPS) is 16.3. The van der Waals surface area contributed by atoms with Gasteiger partial charge in [0, 0.05) is 18.8 Å². The van der Waals surface area contributed by atoms with Gasteiger partial charge in [0.25, 0.3) is 5.91 Å². The highest BCUT2D eigenvalue weighted by molar-refractivity contribution is 5.97. The summed E-state index contributed by atoms with van der Waals surface area (Å²) in [5.41, 5.74) is 0.551. The van der Waals surface area contributed by atoms with Crippen molar-refractivity contribution in [3.05, 3.63) is 78.2 Å². The Morgan fingerprint density at radius 3 is 2.69 bits per heavy atom. The van der Waals surface area contributed by atoms with Crippen molar-refractivity contribution in [2.75, 3.05) is 13.1 Å². The number of aryl methyl sites for hydroxylation is 1. The fourth-order valence-corrected chi connectivity index (χ4v) is 3.41. The molecule has 1 atom stereocenters. The van der Waals surface area contributed by atoms with E-state index in [2.05, 4.69) is 9.97 Å². The van der Waals surface area contributed by atoms with Crippen LogP contribution < -0.4 is 9.47 Å². The molecule has 1 aromatic heterocycles. The van der Waals surface area contributed by atoms with Gasteiger partial charge in [0.05, 0.1) is 12.1 Å². The van der Waals surface area contributed by atoms with Gasteiger partial charge in [-0.1, -0.05) is 30.3 Å². The Kier molecular flexibility index (Phi) is 5.70. The van der Waals surface area contributed by atoms with Crippen molar-refractivity contribution in [3.8, 4) is 17.4 Å². The predicted octanol–water partition coefficient (Wildman–Crippen LogP) is 4.26. The van der Waals surface area contributed by atoms with Crippen LogP contribution in [0, 0.1) is 6.92 Å². The summed E-state index contributed by atoms with van der Waals surface area (Å²) >= 11 is 0. The van der Waals surface area contributed by atoms with Crippen LogP contribution in [-0.2, 0) is 0 Å². The number of carbonyl (C=O) groups is 1. The molecule has 1 amide bonds. The zero-order valence-corrected chi connectivity index (χ0v) is 16.3. The monoisotopic (exact) mass is 389 g/mol. The first-order valence-electron chi connectivity index (χ1n) is 9.76. The highest BCUT2D eigenvalue weighted by Crippen LogP contribution is 2.27. The number of carbonyl (C=O) groups excluding carboxylic acids is 1. The number of hydrogen-bond acceptors (Lipinski definition) is 5. The number of hydrogen-bond donors (Lipinski definition) is 0. The Balaban J connectivity index is 1.48. The molecule has 6 nitrogen and oxygen atoms in total. The molecule has 6 heteroatoms. The van der Waals surface area contributed by atoms with Crippen LogP contribution in [0.2, 0.25) is 0 Å². The maximum atomic E-state index is 13.2. The molecule has 1 saturated heterocycles. The van der Waals surface area contributed by atoms with Crippen LogP contribution in [-0.4, -0.2) is 40.0 Å². The molecule has 1 fully saturated rings. The van der Waals surface area contributed by atoms with Crippen molar-refractivity contribution < 1.29 is 14.3 Å². The fourth-order valence-electron chi connectivity index (χ4n) is 3.41. The van der Waals surface area contributed by atoms with E-state index in [1.807, 2.05) is 60.4 Å². The molecule has 4 rings (SSSR count). The van der Waals surface area contributed by atoms with Gasteiger partial charge in [-0.15, -0.1) is 0 Å². The highest BCUT2D eigenvalue weighted by Gasteiger charge is 2.27. The van der Waals surface area contributed by atoms with Gasteiger partial charge in [-0.25, -0.2) is 4.98 Å². The Bertz CT molecular complexity index is 978. The van der Waals surface area contributed by atoms with Crippen molar-refractivity contribution >= 4 is 5.91 Å². The third kappa shape index (κ3) is 4.71. The smallest absolute Gasteiger partial charge is 0.257 e. The number of likely N-dealkylation sites (tertiary alicyclic amines) is 1. The molecule has 1 aliphatic rings. The first-order valence-corrected chi connectivity index (χ1v) is 9.76. The van der Waals surface area contributed by atoms with Crippen LogP contribution in [0.1, 0.15) is 29.0 Å². The SMILES string of the molecule is Cc1nccc(OC2CCCN(C(=O)c3ccccc3Oc3ccccc3)C2)n1. The molecule has 148 valence electrons. The molecule has 0 spiro atoms. The quantitative estimate of drug-likeness (QED) is 0.652. The second kappa shape index (κ2) is 8.73. The molecule has 1 aliphatic heterocycles. The van der Waals surface area contributed by atoms with Gasteiger partial charge in [-0.05, 0) is 44.0 Å². The molecule has 3 aromatic rings. The summed E-state index contributed by atoms with van der Waals surface area (Å²) in [6.07, 6.45) is 3.35. The van der Waals surface area contributed by atoms with Gasteiger partial charge in [-0.3, -0.25) is 4.79 Å². The molecule has 0 N–H and O–H groups in total. The van der Waals surface area contributed by atoms with E-state index >= 15 is 0 Å². The summed E-state index contributed by atoms with van der Waals surface area (Å²) in [6, 6.07) is 18.6. The van der Waals surface area contributed by atoms with Crippen LogP contribution in [0.3, 0.4) is 0 Å². The Morgan fingerprint density at radius 2 is 1.86 bits per heavy atom. The Hall–Kier alpha value is -3.41. The summed E-state index contributed by atoms with van der Waals surface area (Å²) < 4.78 is 12.0. The maximum Gasteiger partial charge on any atom is 0.257 e. The van der Waals surface area contributed by atoms with E-state index < -0.39 is 0 Å². The summed E-state index contributed by atoms with van der Waals surface area (Å²) in [7, 11) is 0. The number of benzene rings is 2. The minimum Gasteiger partial charge on any atom is -0.472 e. The molecule has 2 aromatic carbocycles. The average Bonchev–Trinajstić information content (AvgIpc) is 2.75. The number of nitrogens with zero attached hydrogens (tertiary/aromatic N) is 3. The lowest BCUT2D eigenvalue weighted by atomic mass is 10.1. The molecule has 29 heavy (non-hydrogen) atoms. The van der Waals surface area contributed by atoms with E-state index in [-0.39, 0.29) is 12.0 Å².